The Bertz CT molecular complexity index is 397. The van der Waals surface area contributed by atoms with Gasteiger partial charge < -0.3 is 10.6 Å². The number of guanidine groups is 1. The predicted molar refractivity (Wildman–Crippen MR) is 76.7 cm³/mol. The van der Waals surface area contributed by atoms with Crippen molar-refractivity contribution in [2.75, 3.05) is 19.6 Å². The fourth-order valence-corrected chi connectivity index (χ4v) is 2.34. The molecule has 3 heteroatoms. The largest absolute Gasteiger partial charge is 0.370 e. The molecule has 1 aliphatic rings. The molecular formula is C15H23N3. The van der Waals surface area contributed by atoms with E-state index in [9.17, 15) is 0 Å². The Kier molecular flexibility index (Phi) is 4.24. The van der Waals surface area contributed by atoms with Gasteiger partial charge in [0.2, 0.25) is 0 Å². The van der Waals surface area contributed by atoms with Crippen LogP contribution in [0, 0.1) is 5.92 Å². The Labute approximate surface area is 110 Å². The summed E-state index contributed by atoms with van der Waals surface area (Å²) in [6.45, 7) is 7.16. The lowest BCUT2D eigenvalue weighted by Crippen LogP contribution is -2.35. The van der Waals surface area contributed by atoms with Crippen molar-refractivity contribution >= 4 is 5.96 Å². The number of hydrogen-bond acceptors (Lipinski definition) is 1. The van der Waals surface area contributed by atoms with Crippen LogP contribution in [0.25, 0.3) is 0 Å². The van der Waals surface area contributed by atoms with Crippen LogP contribution in [0.5, 0.6) is 0 Å². The zero-order valence-electron chi connectivity index (χ0n) is 11.3. The molecule has 0 aliphatic carbocycles. The minimum atomic E-state index is 0.566. The maximum absolute atomic E-state index is 6.04. The summed E-state index contributed by atoms with van der Waals surface area (Å²) in [6, 6.07) is 10.7. The fourth-order valence-electron chi connectivity index (χ4n) is 2.34. The maximum atomic E-state index is 6.04. The van der Waals surface area contributed by atoms with Crippen LogP contribution in [0.15, 0.2) is 35.3 Å². The lowest BCUT2D eigenvalue weighted by molar-refractivity contribution is 0.498. The Balaban J connectivity index is 1.94. The van der Waals surface area contributed by atoms with E-state index in [2.05, 4.69) is 54.1 Å². The van der Waals surface area contributed by atoms with E-state index in [1.165, 1.54) is 12.0 Å². The minimum absolute atomic E-state index is 0.566. The van der Waals surface area contributed by atoms with Gasteiger partial charge in [0.1, 0.15) is 0 Å². The van der Waals surface area contributed by atoms with E-state index in [1.54, 1.807) is 0 Å². The summed E-state index contributed by atoms with van der Waals surface area (Å²) in [4.78, 5) is 6.66. The molecule has 1 fully saturated rings. The molecule has 1 aromatic carbocycles. The molecule has 1 unspecified atom stereocenters. The van der Waals surface area contributed by atoms with E-state index in [0.29, 0.717) is 17.8 Å². The topological polar surface area (TPSA) is 41.6 Å². The third-order valence-electron chi connectivity index (χ3n) is 3.40. The number of hydrogen-bond donors (Lipinski definition) is 1. The van der Waals surface area contributed by atoms with Crippen LogP contribution in [0.1, 0.15) is 31.7 Å². The van der Waals surface area contributed by atoms with E-state index < -0.39 is 0 Å². The summed E-state index contributed by atoms with van der Waals surface area (Å²) in [6.07, 6.45) is 1.17. The van der Waals surface area contributed by atoms with E-state index in [1.807, 2.05) is 0 Å². The van der Waals surface area contributed by atoms with Crippen molar-refractivity contribution in [3.63, 3.8) is 0 Å². The molecule has 0 amide bonds. The normalized spacial score (nSPS) is 20.7. The third-order valence-corrected chi connectivity index (χ3v) is 3.40. The van der Waals surface area contributed by atoms with E-state index in [-0.39, 0.29) is 0 Å². The Morgan fingerprint density at radius 1 is 1.39 bits per heavy atom. The second kappa shape index (κ2) is 5.89. The van der Waals surface area contributed by atoms with Crippen LogP contribution < -0.4 is 5.73 Å². The van der Waals surface area contributed by atoms with Gasteiger partial charge in [0.25, 0.3) is 0 Å². The van der Waals surface area contributed by atoms with Gasteiger partial charge in [-0.1, -0.05) is 44.2 Å². The lowest BCUT2D eigenvalue weighted by Gasteiger charge is -2.18. The quantitative estimate of drug-likeness (QED) is 0.656. The highest BCUT2D eigenvalue weighted by molar-refractivity contribution is 5.78. The van der Waals surface area contributed by atoms with Crippen molar-refractivity contribution in [1.82, 2.24) is 4.90 Å². The van der Waals surface area contributed by atoms with Gasteiger partial charge in [-0.3, -0.25) is 4.99 Å². The first-order chi connectivity index (χ1) is 8.66. The van der Waals surface area contributed by atoms with E-state index in [4.69, 9.17) is 5.73 Å². The van der Waals surface area contributed by atoms with Crippen molar-refractivity contribution in [3.05, 3.63) is 35.9 Å². The fraction of sp³-hybridized carbons (Fsp3) is 0.533. The number of nitrogens with zero attached hydrogens (tertiary/aromatic N) is 2. The Morgan fingerprint density at radius 3 is 2.78 bits per heavy atom. The molecule has 1 atom stereocenters. The molecule has 1 aliphatic heterocycles. The van der Waals surface area contributed by atoms with Gasteiger partial charge in [-0.25, -0.2) is 0 Å². The van der Waals surface area contributed by atoms with Gasteiger partial charge >= 0.3 is 0 Å². The molecule has 3 nitrogen and oxygen atoms in total. The molecule has 0 aromatic heterocycles. The van der Waals surface area contributed by atoms with Gasteiger partial charge in [0.05, 0.1) is 0 Å². The Morgan fingerprint density at radius 2 is 2.11 bits per heavy atom. The number of likely N-dealkylation sites (tertiary alicyclic amines) is 1. The lowest BCUT2D eigenvalue weighted by atomic mass is 9.99. The number of benzene rings is 1. The van der Waals surface area contributed by atoms with Gasteiger partial charge in [-0.2, -0.15) is 0 Å². The van der Waals surface area contributed by atoms with Crippen molar-refractivity contribution < 1.29 is 0 Å². The molecule has 1 heterocycles. The second-order valence-corrected chi connectivity index (χ2v) is 5.44. The summed E-state index contributed by atoms with van der Waals surface area (Å²) < 4.78 is 0. The predicted octanol–water partition coefficient (Wildman–Crippen LogP) is 2.45. The average Bonchev–Trinajstić information content (AvgIpc) is 2.86. The van der Waals surface area contributed by atoms with Gasteiger partial charge in [0, 0.05) is 25.6 Å². The average molecular weight is 245 g/mol. The molecule has 18 heavy (non-hydrogen) atoms. The minimum Gasteiger partial charge on any atom is -0.370 e. The van der Waals surface area contributed by atoms with Gasteiger partial charge in [-0.05, 0) is 17.9 Å². The van der Waals surface area contributed by atoms with Crippen LogP contribution in [0.2, 0.25) is 0 Å². The summed E-state index contributed by atoms with van der Waals surface area (Å²) in [5, 5.41) is 0. The number of aliphatic imine (C=N–C) groups is 1. The van der Waals surface area contributed by atoms with Gasteiger partial charge in [0.15, 0.2) is 5.96 Å². The molecule has 1 aromatic rings. The molecule has 2 N–H and O–H groups in total. The smallest absolute Gasteiger partial charge is 0.191 e. The molecule has 0 spiro atoms. The number of rotatable bonds is 3. The zero-order chi connectivity index (χ0) is 13.0. The van der Waals surface area contributed by atoms with Crippen LogP contribution in [0.4, 0.5) is 0 Å². The first-order valence-electron chi connectivity index (χ1n) is 6.76. The molecule has 2 rings (SSSR count). The van der Waals surface area contributed by atoms with Crippen LogP contribution in [0.3, 0.4) is 0 Å². The van der Waals surface area contributed by atoms with Crippen molar-refractivity contribution in [1.29, 1.82) is 0 Å². The summed E-state index contributed by atoms with van der Waals surface area (Å²) in [5.74, 6) is 1.87. The maximum Gasteiger partial charge on any atom is 0.191 e. The highest BCUT2D eigenvalue weighted by Crippen LogP contribution is 2.26. The second-order valence-electron chi connectivity index (χ2n) is 5.44. The molecule has 98 valence electrons. The van der Waals surface area contributed by atoms with Crippen molar-refractivity contribution in [2.24, 2.45) is 16.6 Å². The molecule has 1 saturated heterocycles. The number of nitrogens with two attached hydrogens (primary N) is 1. The molecule has 0 saturated carbocycles. The molecule has 0 radical (unpaired) electrons. The van der Waals surface area contributed by atoms with Crippen LogP contribution in [-0.4, -0.2) is 30.5 Å². The van der Waals surface area contributed by atoms with Gasteiger partial charge in [-0.15, -0.1) is 0 Å². The molecular weight excluding hydrogens is 222 g/mol. The first-order valence-corrected chi connectivity index (χ1v) is 6.76. The monoisotopic (exact) mass is 245 g/mol. The van der Waals surface area contributed by atoms with Crippen molar-refractivity contribution in [3.8, 4) is 0 Å². The van der Waals surface area contributed by atoms with Crippen LogP contribution in [-0.2, 0) is 0 Å². The summed E-state index contributed by atoms with van der Waals surface area (Å²) in [5.41, 5.74) is 7.46. The Hall–Kier alpha value is -1.51. The van der Waals surface area contributed by atoms with Crippen molar-refractivity contribution in [2.45, 2.75) is 26.2 Å². The standard InChI is InChI=1S/C15H23N3/c1-12(2)10-17-15(16)18-9-8-14(11-18)13-6-4-3-5-7-13/h3-7,12,14H,8-11H2,1-2H3,(H2,16,17). The van der Waals surface area contributed by atoms with E-state index >= 15 is 0 Å². The highest BCUT2D eigenvalue weighted by atomic mass is 15.3. The summed E-state index contributed by atoms with van der Waals surface area (Å²) >= 11 is 0. The van der Waals surface area contributed by atoms with E-state index in [0.717, 1.165) is 19.6 Å². The SMILES string of the molecule is CC(C)CN=C(N)N1CCC(c2ccccc2)C1. The first kappa shape index (κ1) is 12.9. The zero-order valence-corrected chi connectivity index (χ0v) is 11.3. The van der Waals surface area contributed by atoms with Crippen LogP contribution >= 0.6 is 0 Å². The summed E-state index contributed by atoms with van der Waals surface area (Å²) in [7, 11) is 0. The highest BCUT2D eigenvalue weighted by Gasteiger charge is 2.24. The third kappa shape index (κ3) is 3.25. The molecule has 0 bridgehead atoms.